The molecule has 0 aliphatic carbocycles. The Kier molecular flexibility index (Phi) is 4.15. The van der Waals surface area contributed by atoms with Crippen molar-refractivity contribution in [2.75, 3.05) is 5.73 Å². The highest BCUT2D eigenvalue weighted by Crippen LogP contribution is 2.24. The van der Waals surface area contributed by atoms with E-state index in [9.17, 15) is 8.42 Å². The zero-order chi connectivity index (χ0) is 14.0. The van der Waals surface area contributed by atoms with Crippen molar-refractivity contribution in [2.45, 2.75) is 18.4 Å². The summed E-state index contributed by atoms with van der Waals surface area (Å²) in [5.74, 6) is 0. The number of hydrogen-bond donors (Lipinski definition) is 2. The van der Waals surface area contributed by atoms with Crippen molar-refractivity contribution >= 4 is 38.6 Å². The van der Waals surface area contributed by atoms with Crippen LogP contribution in [0.4, 0.5) is 5.69 Å². The van der Waals surface area contributed by atoms with Gasteiger partial charge >= 0.3 is 0 Å². The van der Waals surface area contributed by atoms with Crippen LogP contribution >= 0.6 is 22.9 Å². The molecule has 0 fully saturated rings. The molecular formula is C12H13ClN2O2S2. The fraction of sp³-hybridized carbons (Fsp3) is 0.167. The molecule has 1 heterocycles. The molecule has 0 atom stereocenters. The number of hydrogen-bond acceptors (Lipinski definition) is 4. The lowest BCUT2D eigenvalue weighted by Crippen LogP contribution is -2.23. The summed E-state index contributed by atoms with van der Waals surface area (Å²) < 4.78 is 26.8. The second-order valence-electron chi connectivity index (χ2n) is 4.09. The number of rotatable bonds is 4. The maximum absolute atomic E-state index is 12.1. The highest BCUT2D eigenvalue weighted by Gasteiger charge is 2.18. The molecule has 7 heteroatoms. The summed E-state index contributed by atoms with van der Waals surface area (Å²) in [6, 6.07) is 4.34. The molecule has 0 unspecified atom stereocenters. The zero-order valence-corrected chi connectivity index (χ0v) is 12.6. The van der Waals surface area contributed by atoms with E-state index in [4.69, 9.17) is 17.3 Å². The van der Waals surface area contributed by atoms with Gasteiger partial charge in [0.05, 0.1) is 5.02 Å². The zero-order valence-electron chi connectivity index (χ0n) is 10.2. The Labute approximate surface area is 121 Å². The standard InChI is InChI=1S/C12H13ClN2O2S2/c1-8-6-18-7-9(8)5-15-19(16,17)12-3-2-10(14)4-11(12)13/h2-4,6-7,15H,5,14H2,1H3. The Bertz CT molecular complexity index is 696. The fourth-order valence-electron chi connectivity index (χ4n) is 1.55. The molecule has 102 valence electrons. The van der Waals surface area contributed by atoms with Gasteiger partial charge in [-0.1, -0.05) is 11.6 Å². The van der Waals surface area contributed by atoms with Crippen LogP contribution < -0.4 is 10.5 Å². The first-order valence-corrected chi connectivity index (χ1v) is 8.27. The van der Waals surface area contributed by atoms with E-state index in [-0.39, 0.29) is 16.5 Å². The van der Waals surface area contributed by atoms with Crippen molar-refractivity contribution in [1.29, 1.82) is 0 Å². The quantitative estimate of drug-likeness (QED) is 0.852. The highest BCUT2D eigenvalue weighted by molar-refractivity contribution is 7.89. The van der Waals surface area contributed by atoms with E-state index in [0.717, 1.165) is 11.1 Å². The van der Waals surface area contributed by atoms with Crippen LogP contribution in [-0.4, -0.2) is 8.42 Å². The van der Waals surface area contributed by atoms with Crippen molar-refractivity contribution in [3.63, 3.8) is 0 Å². The minimum atomic E-state index is -3.63. The van der Waals surface area contributed by atoms with Gasteiger partial charge in [0, 0.05) is 12.2 Å². The van der Waals surface area contributed by atoms with Gasteiger partial charge in [-0.05, 0) is 47.0 Å². The highest BCUT2D eigenvalue weighted by atomic mass is 35.5. The normalized spacial score (nSPS) is 11.7. The molecule has 1 aromatic heterocycles. The van der Waals surface area contributed by atoms with Crippen molar-refractivity contribution in [1.82, 2.24) is 4.72 Å². The van der Waals surface area contributed by atoms with Crippen LogP contribution in [0.15, 0.2) is 33.9 Å². The topological polar surface area (TPSA) is 72.2 Å². The molecule has 0 amide bonds. The van der Waals surface area contributed by atoms with Gasteiger partial charge < -0.3 is 5.73 Å². The Morgan fingerprint density at radius 3 is 2.68 bits per heavy atom. The molecular weight excluding hydrogens is 304 g/mol. The number of nitrogen functional groups attached to an aromatic ring is 1. The van der Waals surface area contributed by atoms with Gasteiger partial charge in [0.1, 0.15) is 4.90 Å². The molecule has 1 aromatic carbocycles. The molecule has 0 aliphatic rings. The minimum absolute atomic E-state index is 0.0382. The molecule has 4 nitrogen and oxygen atoms in total. The van der Waals surface area contributed by atoms with Gasteiger partial charge in [0.2, 0.25) is 10.0 Å². The van der Waals surface area contributed by atoms with Gasteiger partial charge in [0.15, 0.2) is 0 Å². The van der Waals surface area contributed by atoms with Gasteiger partial charge in [-0.2, -0.15) is 11.3 Å². The monoisotopic (exact) mass is 316 g/mol. The second-order valence-corrected chi connectivity index (χ2v) is 6.98. The van der Waals surface area contributed by atoms with E-state index in [1.807, 2.05) is 17.7 Å². The molecule has 0 saturated heterocycles. The van der Waals surface area contributed by atoms with Crippen molar-refractivity contribution in [3.05, 3.63) is 45.1 Å². The molecule has 0 aliphatic heterocycles. The van der Waals surface area contributed by atoms with Gasteiger partial charge in [-0.15, -0.1) is 0 Å². The number of thiophene rings is 1. The summed E-state index contributed by atoms with van der Waals surface area (Å²) in [5, 5.41) is 4.01. The first-order chi connectivity index (χ1) is 8.90. The summed E-state index contributed by atoms with van der Waals surface area (Å²) >= 11 is 7.45. The molecule has 2 rings (SSSR count). The summed E-state index contributed by atoms with van der Waals surface area (Å²) in [5.41, 5.74) is 8.00. The average Bonchev–Trinajstić information content (AvgIpc) is 2.72. The Balaban J connectivity index is 2.21. The molecule has 0 bridgehead atoms. The number of anilines is 1. The third-order valence-corrected chi connectivity index (χ3v) is 5.45. The number of benzene rings is 1. The van der Waals surface area contributed by atoms with Crippen LogP contribution in [0.25, 0.3) is 0 Å². The molecule has 0 spiro atoms. The van der Waals surface area contributed by atoms with Crippen LogP contribution in [0.2, 0.25) is 5.02 Å². The number of aryl methyl sites for hydroxylation is 1. The van der Waals surface area contributed by atoms with E-state index in [1.165, 1.54) is 18.2 Å². The van der Waals surface area contributed by atoms with Gasteiger partial charge in [0.25, 0.3) is 0 Å². The molecule has 0 saturated carbocycles. The Morgan fingerprint density at radius 2 is 2.11 bits per heavy atom. The first-order valence-electron chi connectivity index (χ1n) is 5.46. The fourth-order valence-corrected chi connectivity index (χ4v) is 3.97. The van der Waals surface area contributed by atoms with E-state index in [0.29, 0.717) is 5.69 Å². The second kappa shape index (κ2) is 5.50. The maximum Gasteiger partial charge on any atom is 0.242 e. The predicted molar refractivity (Wildman–Crippen MR) is 78.9 cm³/mol. The summed E-state index contributed by atoms with van der Waals surface area (Å²) in [6.45, 7) is 2.19. The van der Waals surface area contributed by atoms with Crippen LogP contribution in [-0.2, 0) is 16.6 Å². The first kappa shape index (κ1) is 14.3. The van der Waals surface area contributed by atoms with Crippen molar-refractivity contribution in [2.24, 2.45) is 0 Å². The van der Waals surface area contributed by atoms with E-state index >= 15 is 0 Å². The van der Waals surface area contributed by atoms with Crippen LogP contribution in [0.1, 0.15) is 11.1 Å². The largest absolute Gasteiger partial charge is 0.399 e. The SMILES string of the molecule is Cc1cscc1CNS(=O)(=O)c1ccc(N)cc1Cl. The van der Waals surface area contributed by atoms with Gasteiger partial charge in [-0.25, -0.2) is 13.1 Å². The number of nitrogens with two attached hydrogens (primary N) is 1. The summed E-state index contributed by atoms with van der Waals surface area (Å²) in [4.78, 5) is 0.0382. The van der Waals surface area contributed by atoms with Gasteiger partial charge in [-0.3, -0.25) is 0 Å². The molecule has 3 N–H and O–H groups in total. The predicted octanol–water partition coefficient (Wildman–Crippen LogP) is 2.77. The van der Waals surface area contributed by atoms with Crippen molar-refractivity contribution < 1.29 is 8.42 Å². The smallest absolute Gasteiger partial charge is 0.242 e. The lowest BCUT2D eigenvalue weighted by atomic mass is 10.2. The average molecular weight is 317 g/mol. The minimum Gasteiger partial charge on any atom is -0.399 e. The van der Waals surface area contributed by atoms with E-state index in [2.05, 4.69) is 4.72 Å². The third-order valence-electron chi connectivity index (χ3n) is 2.66. The van der Waals surface area contributed by atoms with Crippen LogP contribution in [0, 0.1) is 6.92 Å². The Hall–Kier alpha value is -1.08. The number of sulfonamides is 1. The maximum atomic E-state index is 12.1. The molecule has 2 aromatic rings. The molecule has 19 heavy (non-hydrogen) atoms. The Morgan fingerprint density at radius 1 is 1.37 bits per heavy atom. The van der Waals surface area contributed by atoms with Crippen LogP contribution in [0.3, 0.4) is 0 Å². The third kappa shape index (κ3) is 3.27. The lowest BCUT2D eigenvalue weighted by molar-refractivity contribution is 0.581. The number of nitrogens with one attached hydrogen (secondary N) is 1. The lowest BCUT2D eigenvalue weighted by Gasteiger charge is -2.08. The van der Waals surface area contributed by atoms with E-state index in [1.54, 1.807) is 11.3 Å². The molecule has 0 radical (unpaired) electrons. The van der Waals surface area contributed by atoms with E-state index < -0.39 is 10.0 Å². The van der Waals surface area contributed by atoms with Crippen LogP contribution in [0.5, 0.6) is 0 Å². The van der Waals surface area contributed by atoms with Crippen molar-refractivity contribution in [3.8, 4) is 0 Å². The number of halogens is 1. The summed E-state index contributed by atoms with van der Waals surface area (Å²) in [6.07, 6.45) is 0. The summed E-state index contributed by atoms with van der Waals surface area (Å²) in [7, 11) is -3.63.